The van der Waals surface area contributed by atoms with E-state index in [4.69, 9.17) is 0 Å². The lowest BCUT2D eigenvalue weighted by molar-refractivity contribution is -0.141. The zero-order valence-electron chi connectivity index (χ0n) is 13.6. The smallest absolute Gasteiger partial charge is 0.352 e. The molecule has 1 aromatic carbocycles. The summed E-state index contributed by atoms with van der Waals surface area (Å²) in [5.41, 5.74) is 0.228. The molecule has 25 heavy (non-hydrogen) atoms. The van der Waals surface area contributed by atoms with Crippen molar-refractivity contribution in [2.24, 2.45) is 0 Å². The third-order valence-electron chi connectivity index (χ3n) is 3.79. The first-order valence-corrected chi connectivity index (χ1v) is 7.73. The van der Waals surface area contributed by atoms with Gasteiger partial charge in [-0.3, -0.25) is 0 Å². The maximum absolute atomic E-state index is 12.8. The molecule has 3 rings (SSSR count). The van der Waals surface area contributed by atoms with Crippen LogP contribution in [0.1, 0.15) is 17.1 Å². The Balaban J connectivity index is 1.76. The molecule has 0 saturated carbocycles. The van der Waals surface area contributed by atoms with Crippen LogP contribution in [0, 0.1) is 0 Å². The lowest BCUT2D eigenvalue weighted by Crippen LogP contribution is -2.22. The molecule has 0 aliphatic heterocycles. The van der Waals surface area contributed by atoms with Gasteiger partial charge in [-0.05, 0) is 17.7 Å². The van der Waals surface area contributed by atoms with Crippen LogP contribution in [-0.4, -0.2) is 21.6 Å². The molecule has 7 heteroatoms. The van der Waals surface area contributed by atoms with Crippen molar-refractivity contribution in [3.8, 4) is 0 Å². The number of nitrogens with zero attached hydrogens (tertiary/aromatic N) is 4. The van der Waals surface area contributed by atoms with E-state index in [0.29, 0.717) is 13.1 Å². The molecule has 0 aliphatic carbocycles. The fourth-order valence-corrected chi connectivity index (χ4v) is 2.50. The SMILES string of the molecule is CN(Cc1nccn1Cc1ccccc1)c1cccc(C(F)(F)F)n1. The lowest BCUT2D eigenvalue weighted by atomic mass is 10.2. The number of rotatable bonds is 5. The van der Waals surface area contributed by atoms with Gasteiger partial charge in [0, 0.05) is 26.0 Å². The second-order valence-corrected chi connectivity index (χ2v) is 5.69. The van der Waals surface area contributed by atoms with Crippen molar-refractivity contribution in [3.63, 3.8) is 0 Å². The Hall–Kier alpha value is -2.83. The third kappa shape index (κ3) is 4.17. The summed E-state index contributed by atoms with van der Waals surface area (Å²) in [4.78, 5) is 9.67. The van der Waals surface area contributed by atoms with Crippen LogP contribution in [0.5, 0.6) is 0 Å². The minimum Gasteiger partial charge on any atom is -0.352 e. The standard InChI is InChI=1S/C18H17F3N4/c1-24(16-9-5-8-15(23-16)18(19,20)21)13-17-22-10-11-25(17)12-14-6-3-2-4-7-14/h2-11H,12-13H2,1H3. The zero-order chi connectivity index (χ0) is 17.9. The number of hydrogen-bond acceptors (Lipinski definition) is 3. The largest absolute Gasteiger partial charge is 0.433 e. The second-order valence-electron chi connectivity index (χ2n) is 5.69. The molecule has 2 heterocycles. The van der Waals surface area contributed by atoms with Gasteiger partial charge in [0.15, 0.2) is 0 Å². The number of aromatic nitrogens is 3. The second kappa shape index (κ2) is 6.96. The Kier molecular flexibility index (Phi) is 4.74. The molecule has 130 valence electrons. The molecule has 0 bridgehead atoms. The van der Waals surface area contributed by atoms with Crippen LogP contribution in [0.3, 0.4) is 0 Å². The van der Waals surface area contributed by atoms with Crippen LogP contribution >= 0.6 is 0 Å². The number of halogens is 3. The number of benzene rings is 1. The first-order chi connectivity index (χ1) is 11.9. The van der Waals surface area contributed by atoms with E-state index in [1.165, 1.54) is 6.07 Å². The molecule has 0 radical (unpaired) electrons. The Morgan fingerprint density at radius 1 is 1.04 bits per heavy atom. The van der Waals surface area contributed by atoms with E-state index in [1.54, 1.807) is 24.2 Å². The fraction of sp³-hybridized carbons (Fsp3) is 0.222. The van der Waals surface area contributed by atoms with Crippen LogP contribution in [0.4, 0.5) is 19.0 Å². The van der Waals surface area contributed by atoms with Crippen molar-refractivity contribution in [1.82, 2.24) is 14.5 Å². The van der Waals surface area contributed by atoms with Crippen LogP contribution < -0.4 is 4.90 Å². The number of alkyl halides is 3. The molecule has 3 aromatic rings. The van der Waals surface area contributed by atoms with E-state index in [1.807, 2.05) is 41.1 Å². The van der Waals surface area contributed by atoms with Crippen molar-refractivity contribution in [2.45, 2.75) is 19.3 Å². The fourth-order valence-electron chi connectivity index (χ4n) is 2.50. The zero-order valence-corrected chi connectivity index (χ0v) is 13.6. The summed E-state index contributed by atoms with van der Waals surface area (Å²) in [7, 11) is 1.70. The average Bonchev–Trinajstić information content (AvgIpc) is 3.02. The highest BCUT2D eigenvalue weighted by molar-refractivity contribution is 5.39. The Morgan fingerprint density at radius 2 is 1.80 bits per heavy atom. The summed E-state index contributed by atoms with van der Waals surface area (Å²) >= 11 is 0. The van der Waals surface area contributed by atoms with E-state index in [0.717, 1.165) is 17.5 Å². The minimum atomic E-state index is -4.46. The first kappa shape index (κ1) is 17.0. The van der Waals surface area contributed by atoms with Crippen molar-refractivity contribution >= 4 is 5.82 Å². The normalized spacial score (nSPS) is 11.5. The number of pyridine rings is 1. The van der Waals surface area contributed by atoms with Crippen LogP contribution in [0.15, 0.2) is 60.9 Å². The summed E-state index contributed by atoms with van der Waals surface area (Å²) < 4.78 is 40.4. The predicted octanol–water partition coefficient (Wildman–Crippen LogP) is 3.98. The molecular formula is C18H17F3N4. The topological polar surface area (TPSA) is 34.0 Å². The van der Waals surface area contributed by atoms with E-state index < -0.39 is 11.9 Å². The molecule has 0 N–H and O–H groups in total. The summed E-state index contributed by atoms with van der Waals surface area (Å²) in [5.74, 6) is 1.01. The molecule has 0 atom stereocenters. The van der Waals surface area contributed by atoms with Crippen LogP contribution in [0.2, 0.25) is 0 Å². The van der Waals surface area contributed by atoms with Gasteiger partial charge in [-0.2, -0.15) is 13.2 Å². The van der Waals surface area contributed by atoms with Gasteiger partial charge >= 0.3 is 6.18 Å². The Labute approximate surface area is 143 Å². The van der Waals surface area contributed by atoms with E-state index in [2.05, 4.69) is 9.97 Å². The maximum atomic E-state index is 12.8. The van der Waals surface area contributed by atoms with E-state index in [-0.39, 0.29) is 5.82 Å². The van der Waals surface area contributed by atoms with E-state index in [9.17, 15) is 13.2 Å². The van der Waals surface area contributed by atoms with E-state index >= 15 is 0 Å². The molecule has 2 aromatic heterocycles. The van der Waals surface area contributed by atoms with Gasteiger partial charge in [0.2, 0.25) is 0 Å². The highest BCUT2D eigenvalue weighted by atomic mass is 19.4. The molecule has 0 unspecified atom stereocenters. The van der Waals surface area contributed by atoms with Gasteiger partial charge in [-0.1, -0.05) is 36.4 Å². The number of imidazole rings is 1. The monoisotopic (exact) mass is 346 g/mol. The van der Waals surface area contributed by atoms with Gasteiger partial charge < -0.3 is 9.47 Å². The van der Waals surface area contributed by atoms with Gasteiger partial charge in [0.05, 0.1) is 6.54 Å². The van der Waals surface area contributed by atoms with Crippen molar-refractivity contribution in [3.05, 3.63) is 78.0 Å². The van der Waals surface area contributed by atoms with Gasteiger partial charge in [-0.15, -0.1) is 0 Å². The van der Waals surface area contributed by atoms with Crippen LogP contribution in [0.25, 0.3) is 0 Å². The lowest BCUT2D eigenvalue weighted by Gasteiger charge is -2.19. The third-order valence-corrected chi connectivity index (χ3v) is 3.79. The minimum absolute atomic E-state index is 0.254. The summed E-state index contributed by atoms with van der Waals surface area (Å²) in [6.07, 6.45) is -0.913. The highest BCUT2D eigenvalue weighted by Crippen LogP contribution is 2.28. The van der Waals surface area contributed by atoms with Crippen LogP contribution in [-0.2, 0) is 19.3 Å². The van der Waals surface area contributed by atoms with Crippen molar-refractivity contribution in [2.75, 3.05) is 11.9 Å². The molecule has 0 spiro atoms. The molecule has 0 fully saturated rings. The Morgan fingerprint density at radius 3 is 2.52 bits per heavy atom. The number of hydrogen-bond donors (Lipinski definition) is 0. The molecule has 0 saturated heterocycles. The van der Waals surface area contributed by atoms with Crippen molar-refractivity contribution < 1.29 is 13.2 Å². The summed E-state index contributed by atoms with van der Waals surface area (Å²) in [5, 5.41) is 0. The molecule has 4 nitrogen and oxygen atoms in total. The summed E-state index contributed by atoms with van der Waals surface area (Å²) in [6.45, 7) is 1.01. The van der Waals surface area contributed by atoms with Gasteiger partial charge in [0.1, 0.15) is 17.3 Å². The molecular weight excluding hydrogens is 329 g/mol. The number of anilines is 1. The molecule has 0 amide bonds. The van der Waals surface area contributed by atoms with Gasteiger partial charge in [0.25, 0.3) is 0 Å². The predicted molar refractivity (Wildman–Crippen MR) is 89.1 cm³/mol. The quantitative estimate of drug-likeness (QED) is 0.701. The average molecular weight is 346 g/mol. The van der Waals surface area contributed by atoms with Gasteiger partial charge in [-0.25, -0.2) is 9.97 Å². The molecule has 0 aliphatic rings. The highest BCUT2D eigenvalue weighted by Gasteiger charge is 2.32. The maximum Gasteiger partial charge on any atom is 0.433 e. The Bertz CT molecular complexity index is 828. The van der Waals surface area contributed by atoms with Crippen molar-refractivity contribution in [1.29, 1.82) is 0 Å². The first-order valence-electron chi connectivity index (χ1n) is 7.73. The summed E-state index contributed by atoms with van der Waals surface area (Å²) in [6, 6.07) is 13.8.